The van der Waals surface area contributed by atoms with E-state index in [1.54, 1.807) is 12.1 Å². The molecule has 2 N–H and O–H groups in total. The third-order valence-corrected chi connectivity index (χ3v) is 4.30. The monoisotopic (exact) mass is 367 g/mol. The van der Waals surface area contributed by atoms with E-state index in [-0.39, 0.29) is 23.4 Å². The first kappa shape index (κ1) is 18.4. The van der Waals surface area contributed by atoms with E-state index in [1.165, 1.54) is 22.4 Å². The number of amides is 1. The normalized spacial score (nSPS) is 10.8. The van der Waals surface area contributed by atoms with Crippen LogP contribution in [-0.2, 0) is 11.3 Å². The lowest BCUT2D eigenvalue weighted by Gasteiger charge is -2.14. The van der Waals surface area contributed by atoms with Gasteiger partial charge in [-0.15, -0.1) is 11.8 Å². The second kappa shape index (κ2) is 8.21. The van der Waals surface area contributed by atoms with Crippen LogP contribution in [0.2, 0.25) is 5.02 Å². The van der Waals surface area contributed by atoms with Crippen molar-refractivity contribution in [2.75, 3.05) is 11.1 Å². The van der Waals surface area contributed by atoms with E-state index in [9.17, 15) is 14.4 Å². The van der Waals surface area contributed by atoms with Gasteiger partial charge in [0.1, 0.15) is 5.82 Å². The number of H-pyrrole nitrogens is 1. The molecule has 0 fully saturated rings. The van der Waals surface area contributed by atoms with Crippen LogP contribution in [-0.4, -0.2) is 21.2 Å². The van der Waals surface area contributed by atoms with E-state index in [4.69, 9.17) is 11.6 Å². The third kappa shape index (κ3) is 5.28. The van der Waals surface area contributed by atoms with Gasteiger partial charge in [0.25, 0.3) is 5.56 Å². The van der Waals surface area contributed by atoms with Gasteiger partial charge in [0.05, 0.1) is 5.75 Å². The number of carbonyl (C=O) groups is 1. The molecule has 1 aromatic carbocycles. The molecular weight excluding hydrogens is 350 g/mol. The quantitative estimate of drug-likeness (QED) is 0.768. The fourth-order valence-electron chi connectivity index (χ4n) is 2.03. The van der Waals surface area contributed by atoms with Gasteiger partial charge >= 0.3 is 5.69 Å². The molecule has 0 atom stereocenters. The van der Waals surface area contributed by atoms with Crippen LogP contribution < -0.4 is 16.6 Å². The number of carbonyl (C=O) groups excluding carboxylic acids is 1. The van der Waals surface area contributed by atoms with Gasteiger partial charge in [0, 0.05) is 22.5 Å². The number of thioether (sulfide) groups is 1. The van der Waals surface area contributed by atoms with Crippen molar-refractivity contribution in [1.29, 1.82) is 0 Å². The molecule has 0 bridgehead atoms. The number of benzene rings is 1. The van der Waals surface area contributed by atoms with Gasteiger partial charge in [0.2, 0.25) is 5.91 Å². The molecule has 0 unspecified atom stereocenters. The maximum Gasteiger partial charge on any atom is 0.329 e. The molecule has 0 aliphatic heterocycles. The highest BCUT2D eigenvalue weighted by Crippen LogP contribution is 2.20. The predicted molar refractivity (Wildman–Crippen MR) is 97.0 cm³/mol. The molecule has 1 heterocycles. The van der Waals surface area contributed by atoms with Crippen molar-refractivity contribution in [3.8, 4) is 0 Å². The minimum Gasteiger partial charge on any atom is -0.311 e. The van der Waals surface area contributed by atoms with Gasteiger partial charge in [-0.2, -0.15) is 0 Å². The topological polar surface area (TPSA) is 84.0 Å². The summed E-state index contributed by atoms with van der Waals surface area (Å²) in [6.45, 7) is 4.29. The molecule has 0 spiro atoms. The number of hydrogen-bond acceptors (Lipinski definition) is 4. The van der Waals surface area contributed by atoms with Crippen molar-refractivity contribution < 1.29 is 4.79 Å². The fourth-order valence-corrected chi connectivity index (χ4v) is 2.85. The number of hydrogen-bond donors (Lipinski definition) is 2. The first-order valence-corrected chi connectivity index (χ1v) is 8.74. The molecule has 0 aliphatic carbocycles. The Hall–Kier alpha value is -1.99. The smallest absolute Gasteiger partial charge is 0.311 e. The zero-order valence-corrected chi connectivity index (χ0v) is 14.9. The van der Waals surface area contributed by atoms with E-state index in [0.29, 0.717) is 11.6 Å². The number of halogens is 1. The first-order chi connectivity index (χ1) is 11.3. The van der Waals surface area contributed by atoms with Crippen LogP contribution in [0.1, 0.15) is 13.8 Å². The Morgan fingerprint density at radius 3 is 2.58 bits per heavy atom. The van der Waals surface area contributed by atoms with Crippen molar-refractivity contribution in [2.24, 2.45) is 5.92 Å². The molecule has 2 aromatic rings. The summed E-state index contributed by atoms with van der Waals surface area (Å²) in [5.41, 5.74) is -1.07. The molecule has 0 radical (unpaired) electrons. The summed E-state index contributed by atoms with van der Waals surface area (Å²) in [7, 11) is 0. The van der Waals surface area contributed by atoms with Crippen LogP contribution in [0.4, 0.5) is 5.82 Å². The van der Waals surface area contributed by atoms with Gasteiger partial charge in [0.15, 0.2) is 0 Å². The molecule has 0 aliphatic rings. The zero-order valence-electron chi connectivity index (χ0n) is 13.3. The number of aromatic amines is 1. The van der Waals surface area contributed by atoms with Crippen molar-refractivity contribution in [1.82, 2.24) is 9.55 Å². The van der Waals surface area contributed by atoms with Crippen molar-refractivity contribution in [3.63, 3.8) is 0 Å². The van der Waals surface area contributed by atoms with Gasteiger partial charge < -0.3 is 5.32 Å². The van der Waals surface area contributed by atoms with Crippen LogP contribution in [0.5, 0.6) is 0 Å². The minimum atomic E-state index is -0.541. The van der Waals surface area contributed by atoms with Crippen LogP contribution >= 0.6 is 23.4 Å². The summed E-state index contributed by atoms with van der Waals surface area (Å²) in [6.07, 6.45) is 0. The molecule has 1 aromatic heterocycles. The Kier molecular flexibility index (Phi) is 6.28. The van der Waals surface area contributed by atoms with Crippen molar-refractivity contribution >= 4 is 35.1 Å². The summed E-state index contributed by atoms with van der Waals surface area (Å²) in [4.78, 5) is 38.7. The molecule has 1 amide bonds. The maximum absolute atomic E-state index is 12.1. The predicted octanol–water partition coefficient (Wildman–Crippen LogP) is 2.58. The molecule has 0 saturated heterocycles. The minimum absolute atomic E-state index is 0.157. The van der Waals surface area contributed by atoms with Crippen molar-refractivity contribution in [2.45, 2.75) is 25.3 Å². The standard InChI is InChI=1S/C16H18ClN3O3S/c1-10(2)8-20-13(7-14(21)19-16(20)23)18-15(22)9-24-12-5-3-11(17)4-6-12/h3-7,10H,8-9H2,1-2H3,(H,18,22)(H,19,21,23). The second-order valence-electron chi connectivity index (χ2n) is 5.62. The molecule has 6 nitrogen and oxygen atoms in total. The zero-order chi connectivity index (χ0) is 17.7. The lowest BCUT2D eigenvalue weighted by atomic mass is 10.2. The molecule has 2 rings (SSSR count). The van der Waals surface area contributed by atoms with E-state index in [1.807, 2.05) is 26.0 Å². The van der Waals surface area contributed by atoms with Crippen LogP contribution in [0, 0.1) is 5.92 Å². The average molecular weight is 368 g/mol. The summed E-state index contributed by atoms with van der Waals surface area (Å²) < 4.78 is 1.36. The van der Waals surface area contributed by atoms with Crippen LogP contribution in [0.3, 0.4) is 0 Å². The van der Waals surface area contributed by atoms with Crippen LogP contribution in [0.25, 0.3) is 0 Å². The Morgan fingerprint density at radius 1 is 1.29 bits per heavy atom. The molecule has 128 valence electrons. The Morgan fingerprint density at radius 2 is 1.96 bits per heavy atom. The highest BCUT2D eigenvalue weighted by molar-refractivity contribution is 8.00. The molecule has 0 saturated carbocycles. The van der Waals surface area contributed by atoms with E-state index < -0.39 is 11.2 Å². The first-order valence-electron chi connectivity index (χ1n) is 7.37. The molecule has 8 heteroatoms. The average Bonchev–Trinajstić information content (AvgIpc) is 2.50. The fraction of sp³-hybridized carbons (Fsp3) is 0.312. The highest BCUT2D eigenvalue weighted by atomic mass is 35.5. The highest BCUT2D eigenvalue weighted by Gasteiger charge is 2.11. The van der Waals surface area contributed by atoms with E-state index in [2.05, 4.69) is 10.3 Å². The number of nitrogens with one attached hydrogen (secondary N) is 2. The van der Waals surface area contributed by atoms with E-state index in [0.717, 1.165) is 4.90 Å². The summed E-state index contributed by atoms with van der Waals surface area (Å²) in [5, 5.41) is 3.27. The number of nitrogens with zero attached hydrogens (tertiary/aromatic N) is 1. The number of anilines is 1. The molecular formula is C16H18ClN3O3S. The third-order valence-electron chi connectivity index (χ3n) is 3.03. The Balaban J connectivity index is 2.09. The van der Waals surface area contributed by atoms with Crippen molar-refractivity contribution in [3.05, 3.63) is 56.2 Å². The summed E-state index contributed by atoms with van der Waals surface area (Å²) in [5.74, 6) is 0.258. The second-order valence-corrected chi connectivity index (χ2v) is 7.10. The SMILES string of the molecule is CC(C)Cn1c(NC(=O)CSc2ccc(Cl)cc2)cc(=O)[nH]c1=O. The number of aromatic nitrogens is 2. The Labute approximate surface area is 148 Å². The largest absolute Gasteiger partial charge is 0.329 e. The summed E-state index contributed by atoms with van der Waals surface area (Å²) in [6, 6.07) is 8.36. The lowest BCUT2D eigenvalue weighted by Crippen LogP contribution is -2.34. The summed E-state index contributed by atoms with van der Waals surface area (Å²) >= 11 is 7.16. The van der Waals surface area contributed by atoms with Gasteiger partial charge in [-0.3, -0.25) is 19.1 Å². The van der Waals surface area contributed by atoms with Gasteiger partial charge in [-0.25, -0.2) is 4.79 Å². The maximum atomic E-state index is 12.1. The van der Waals surface area contributed by atoms with E-state index >= 15 is 0 Å². The molecule has 24 heavy (non-hydrogen) atoms. The Bertz CT molecular complexity index is 828. The lowest BCUT2D eigenvalue weighted by molar-refractivity contribution is -0.113. The number of rotatable bonds is 6. The van der Waals surface area contributed by atoms with Gasteiger partial charge in [-0.05, 0) is 30.2 Å². The van der Waals surface area contributed by atoms with Crippen LogP contribution in [0.15, 0.2) is 44.8 Å². The van der Waals surface area contributed by atoms with Gasteiger partial charge in [-0.1, -0.05) is 25.4 Å².